The fourth-order valence-corrected chi connectivity index (χ4v) is 3.90. The van der Waals surface area contributed by atoms with Gasteiger partial charge in [0.15, 0.2) is 0 Å². The highest BCUT2D eigenvalue weighted by Gasteiger charge is 2.61. The van der Waals surface area contributed by atoms with Crippen molar-refractivity contribution in [1.82, 2.24) is 16.2 Å². The molecule has 1 aromatic rings. The molecule has 2 saturated heterocycles. The number of benzene rings is 1. The van der Waals surface area contributed by atoms with Crippen LogP contribution in [-0.4, -0.2) is 31.6 Å². The fraction of sp³-hybridized carbons (Fsp3) is 0.429. The SMILES string of the molecule is CN1C(=O)C2(CC(=O)NC3NNCC32)c2ccccc21. The van der Waals surface area contributed by atoms with Crippen molar-refractivity contribution in [2.45, 2.75) is 18.0 Å². The Hall–Kier alpha value is -1.92. The zero-order valence-corrected chi connectivity index (χ0v) is 11.1. The fourth-order valence-electron chi connectivity index (χ4n) is 3.90. The number of hydrogen-bond acceptors (Lipinski definition) is 4. The van der Waals surface area contributed by atoms with Crippen molar-refractivity contribution in [3.05, 3.63) is 29.8 Å². The highest BCUT2D eigenvalue weighted by molar-refractivity contribution is 6.10. The Morgan fingerprint density at radius 2 is 2.10 bits per heavy atom. The molecule has 0 bridgehead atoms. The van der Waals surface area contributed by atoms with E-state index in [2.05, 4.69) is 16.2 Å². The summed E-state index contributed by atoms with van der Waals surface area (Å²) >= 11 is 0. The van der Waals surface area contributed by atoms with Gasteiger partial charge in [0.05, 0.1) is 11.6 Å². The van der Waals surface area contributed by atoms with Crippen LogP contribution in [0.25, 0.3) is 0 Å². The van der Waals surface area contributed by atoms with Crippen LogP contribution in [0.1, 0.15) is 12.0 Å². The molecule has 2 amide bonds. The Labute approximate surface area is 116 Å². The Kier molecular flexibility index (Phi) is 2.26. The van der Waals surface area contributed by atoms with Crippen LogP contribution >= 0.6 is 0 Å². The summed E-state index contributed by atoms with van der Waals surface area (Å²) in [4.78, 5) is 26.7. The average molecular weight is 272 g/mol. The van der Waals surface area contributed by atoms with Gasteiger partial charge in [-0.3, -0.25) is 15.0 Å². The first-order valence-electron chi connectivity index (χ1n) is 6.80. The molecule has 0 aliphatic carbocycles. The second-order valence-corrected chi connectivity index (χ2v) is 5.71. The number of rotatable bonds is 0. The van der Waals surface area contributed by atoms with E-state index < -0.39 is 5.41 Å². The number of fused-ring (bicyclic) bond motifs is 4. The highest BCUT2D eigenvalue weighted by atomic mass is 16.2. The van der Waals surface area contributed by atoms with Gasteiger partial charge in [0.1, 0.15) is 0 Å². The van der Waals surface area contributed by atoms with Crippen molar-refractivity contribution in [2.24, 2.45) is 5.92 Å². The van der Waals surface area contributed by atoms with Crippen molar-refractivity contribution in [3.8, 4) is 0 Å². The number of piperidine rings is 1. The molecule has 3 aliphatic heterocycles. The Morgan fingerprint density at radius 1 is 1.30 bits per heavy atom. The number of hydrazine groups is 1. The van der Waals surface area contributed by atoms with Crippen molar-refractivity contribution in [3.63, 3.8) is 0 Å². The first-order valence-corrected chi connectivity index (χ1v) is 6.80. The Balaban J connectivity index is 1.94. The lowest BCUT2D eigenvalue weighted by molar-refractivity contribution is -0.135. The lowest BCUT2D eigenvalue weighted by atomic mass is 9.66. The van der Waals surface area contributed by atoms with E-state index in [1.54, 1.807) is 11.9 Å². The third kappa shape index (κ3) is 1.25. The number of para-hydroxylation sites is 1. The third-order valence-electron chi connectivity index (χ3n) is 4.80. The second kappa shape index (κ2) is 3.80. The predicted molar refractivity (Wildman–Crippen MR) is 72.7 cm³/mol. The molecular formula is C14H16N4O2. The van der Waals surface area contributed by atoms with E-state index in [1.165, 1.54) is 0 Å². The molecule has 1 spiro atoms. The monoisotopic (exact) mass is 272 g/mol. The molecule has 3 heterocycles. The average Bonchev–Trinajstić information content (AvgIpc) is 2.99. The second-order valence-electron chi connectivity index (χ2n) is 5.71. The molecular weight excluding hydrogens is 256 g/mol. The lowest BCUT2D eigenvalue weighted by Gasteiger charge is -2.40. The molecule has 1 aromatic carbocycles. The summed E-state index contributed by atoms with van der Waals surface area (Å²) in [6.07, 6.45) is 0.0253. The van der Waals surface area contributed by atoms with Crippen LogP contribution in [0.15, 0.2) is 24.3 Å². The Morgan fingerprint density at radius 3 is 2.95 bits per heavy atom. The molecule has 3 unspecified atom stereocenters. The number of amides is 2. The molecule has 6 heteroatoms. The van der Waals surface area contributed by atoms with Gasteiger partial charge in [-0.05, 0) is 11.6 Å². The maximum Gasteiger partial charge on any atom is 0.238 e. The van der Waals surface area contributed by atoms with Crippen molar-refractivity contribution in [2.75, 3.05) is 18.5 Å². The minimum Gasteiger partial charge on any atom is -0.339 e. The number of nitrogens with one attached hydrogen (secondary N) is 3. The third-order valence-corrected chi connectivity index (χ3v) is 4.80. The summed E-state index contributed by atoms with van der Waals surface area (Å²) in [6, 6.07) is 7.78. The molecule has 6 nitrogen and oxygen atoms in total. The van der Waals surface area contributed by atoms with E-state index in [1.807, 2.05) is 24.3 Å². The minimum atomic E-state index is -0.741. The summed E-state index contributed by atoms with van der Waals surface area (Å²) < 4.78 is 0. The molecule has 104 valence electrons. The van der Waals surface area contributed by atoms with Crippen molar-refractivity contribution < 1.29 is 9.59 Å². The zero-order chi connectivity index (χ0) is 13.9. The van der Waals surface area contributed by atoms with Crippen LogP contribution in [0.5, 0.6) is 0 Å². The van der Waals surface area contributed by atoms with Crippen LogP contribution in [0.4, 0.5) is 5.69 Å². The summed E-state index contributed by atoms with van der Waals surface area (Å²) in [5.41, 5.74) is 7.27. The van der Waals surface area contributed by atoms with Gasteiger partial charge in [0.2, 0.25) is 11.8 Å². The summed E-state index contributed by atoms with van der Waals surface area (Å²) in [7, 11) is 1.78. The molecule has 2 fully saturated rings. The number of carbonyl (C=O) groups excluding carboxylic acids is 2. The molecule has 4 rings (SSSR count). The van der Waals surface area contributed by atoms with Gasteiger partial charge >= 0.3 is 0 Å². The maximum atomic E-state index is 12.9. The standard InChI is InChI=1S/C14H16N4O2/c1-18-10-5-3-2-4-8(10)14(13(18)20)6-11(19)16-12-9(14)7-15-17-12/h2-5,9,12,15,17H,6-7H2,1H3,(H,16,19). The molecule has 20 heavy (non-hydrogen) atoms. The first-order chi connectivity index (χ1) is 9.64. The van der Waals surface area contributed by atoms with Crippen LogP contribution in [0.2, 0.25) is 0 Å². The molecule has 0 saturated carbocycles. The number of carbonyl (C=O) groups is 2. The van der Waals surface area contributed by atoms with Gasteiger partial charge in [-0.1, -0.05) is 18.2 Å². The molecule has 3 N–H and O–H groups in total. The van der Waals surface area contributed by atoms with E-state index in [-0.39, 0.29) is 30.3 Å². The number of hydrogen-bond donors (Lipinski definition) is 3. The quantitative estimate of drug-likeness (QED) is 0.594. The van der Waals surface area contributed by atoms with Crippen LogP contribution in [-0.2, 0) is 15.0 Å². The molecule has 0 aromatic heterocycles. The number of nitrogens with zero attached hydrogens (tertiary/aromatic N) is 1. The van der Waals surface area contributed by atoms with Gasteiger partial charge in [-0.2, -0.15) is 0 Å². The summed E-state index contributed by atoms with van der Waals surface area (Å²) in [5.74, 6) is -0.0336. The molecule has 3 atom stereocenters. The lowest BCUT2D eigenvalue weighted by Crippen LogP contribution is -2.61. The van der Waals surface area contributed by atoms with Gasteiger partial charge < -0.3 is 10.2 Å². The smallest absolute Gasteiger partial charge is 0.238 e. The van der Waals surface area contributed by atoms with Crippen molar-refractivity contribution >= 4 is 17.5 Å². The maximum absolute atomic E-state index is 12.9. The van der Waals surface area contributed by atoms with E-state index in [9.17, 15) is 9.59 Å². The van der Waals surface area contributed by atoms with Crippen LogP contribution in [0.3, 0.4) is 0 Å². The number of likely N-dealkylation sites (N-methyl/N-ethyl adjacent to an activating group) is 1. The minimum absolute atomic E-state index is 0.0223. The zero-order valence-electron chi connectivity index (χ0n) is 11.1. The van der Waals surface area contributed by atoms with E-state index in [0.717, 1.165) is 11.3 Å². The van der Waals surface area contributed by atoms with E-state index in [4.69, 9.17) is 0 Å². The first kappa shape index (κ1) is 11.9. The van der Waals surface area contributed by atoms with Gasteiger partial charge in [0, 0.05) is 31.6 Å². The molecule has 0 radical (unpaired) electrons. The van der Waals surface area contributed by atoms with Crippen LogP contribution in [0, 0.1) is 5.92 Å². The van der Waals surface area contributed by atoms with E-state index >= 15 is 0 Å². The van der Waals surface area contributed by atoms with Gasteiger partial charge in [-0.15, -0.1) is 0 Å². The largest absolute Gasteiger partial charge is 0.339 e. The Bertz CT molecular complexity index is 617. The normalized spacial score (nSPS) is 35.1. The van der Waals surface area contributed by atoms with E-state index in [0.29, 0.717) is 6.54 Å². The summed E-state index contributed by atoms with van der Waals surface area (Å²) in [5, 5.41) is 2.91. The predicted octanol–water partition coefficient (Wildman–Crippen LogP) is -0.529. The van der Waals surface area contributed by atoms with Crippen molar-refractivity contribution in [1.29, 1.82) is 0 Å². The number of anilines is 1. The van der Waals surface area contributed by atoms with Gasteiger partial charge in [-0.25, -0.2) is 5.43 Å². The summed E-state index contributed by atoms with van der Waals surface area (Å²) in [6.45, 7) is 0.666. The topological polar surface area (TPSA) is 73.5 Å². The van der Waals surface area contributed by atoms with Gasteiger partial charge in [0.25, 0.3) is 0 Å². The molecule has 3 aliphatic rings. The highest BCUT2D eigenvalue weighted by Crippen LogP contribution is 2.50. The van der Waals surface area contributed by atoms with Crippen LogP contribution < -0.4 is 21.1 Å².